The Balaban J connectivity index is 1.11. The van der Waals surface area contributed by atoms with Crippen molar-refractivity contribution in [1.82, 2.24) is 14.8 Å². The Morgan fingerprint density at radius 3 is 2.74 bits per heavy atom. The van der Waals surface area contributed by atoms with Gasteiger partial charge in [0.1, 0.15) is 5.78 Å². The lowest BCUT2D eigenvalue weighted by Crippen LogP contribution is -2.36. The van der Waals surface area contributed by atoms with Crippen LogP contribution in [0, 0.1) is 11.8 Å². The molecule has 0 bridgehead atoms. The minimum Gasteiger partial charge on any atom is -0.380 e. The molecular weight excluding hydrogens is 491 g/mol. The van der Waals surface area contributed by atoms with Crippen LogP contribution in [0.3, 0.4) is 0 Å². The van der Waals surface area contributed by atoms with Crippen molar-refractivity contribution >= 4 is 5.78 Å². The summed E-state index contributed by atoms with van der Waals surface area (Å²) in [4.78, 5) is 22.3. The molecule has 4 heterocycles. The van der Waals surface area contributed by atoms with Crippen LogP contribution in [0.4, 0.5) is 13.2 Å². The molecule has 38 heavy (non-hydrogen) atoms. The zero-order valence-electron chi connectivity index (χ0n) is 21.8. The first-order chi connectivity index (χ1) is 18.3. The fourth-order valence-corrected chi connectivity index (χ4v) is 7.24. The van der Waals surface area contributed by atoms with E-state index in [1.54, 1.807) is 6.07 Å². The largest absolute Gasteiger partial charge is 0.416 e. The molecule has 4 aliphatic rings. The number of aromatic nitrogens is 1. The first-order valence-electron chi connectivity index (χ1n) is 14.0. The van der Waals surface area contributed by atoms with Crippen LogP contribution < -0.4 is 0 Å². The number of carbonyl (C=O) groups excluding carboxylic acids is 1. The van der Waals surface area contributed by atoms with Crippen molar-refractivity contribution < 1.29 is 22.7 Å². The quantitative estimate of drug-likeness (QED) is 0.514. The third-order valence-corrected chi connectivity index (χ3v) is 9.28. The van der Waals surface area contributed by atoms with Gasteiger partial charge in [-0.25, -0.2) is 0 Å². The Kier molecular flexibility index (Phi) is 7.31. The van der Waals surface area contributed by atoms with Gasteiger partial charge in [-0.15, -0.1) is 0 Å². The van der Waals surface area contributed by atoms with Crippen molar-refractivity contribution in [1.29, 1.82) is 0 Å². The number of nitrogens with zero attached hydrogens (tertiary/aromatic N) is 3. The molecule has 2 fully saturated rings. The number of hydrogen-bond donors (Lipinski definition) is 0. The number of rotatable bonds is 7. The maximum Gasteiger partial charge on any atom is 0.416 e. The lowest BCUT2D eigenvalue weighted by atomic mass is 9.82. The molecule has 0 amide bonds. The Morgan fingerprint density at radius 1 is 1.05 bits per heavy atom. The summed E-state index contributed by atoms with van der Waals surface area (Å²) < 4.78 is 45.3. The average molecular weight is 528 g/mol. The third kappa shape index (κ3) is 5.54. The number of benzene rings is 1. The van der Waals surface area contributed by atoms with Gasteiger partial charge < -0.3 is 4.74 Å². The number of halogens is 3. The summed E-state index contributed by atoms with van der Waals surface area (Å²) in [6.45, 7) is 4.93. The number of ether oxygens (including phenoxy) is 1. The van der Waals surface area contributed by atoms with Crippen LogP contribution >= 0.6 is 0 Å². The topological polar surface area (TPSA) is 45.7 Å². The third-order valence-electron chi connectivity index (χ3n) is 9.28. The predicted molar refractivity (Wildman–Crippen MR) is 138 cm³/mol. The molecule has 0 N–H and O–H groups in total. The van der Waals surface area contributed by atoms with Gasteiger partial charge in [0.2, 0.25) is 0 Å². The van der Waals surface area contributed by atoms with E-state index >= 15 is 0 Å². The zero-order valence-corrected chi connectivity index (χ0v) is 21.8. The highest BCUT2D eigenvalue weighted by atomic mass is 19.4. The van der Waals surface area contributed by atoms with Crippen LogP contribution in [0.25, 0.3) is 0 Å². The van der Waals surface area contributed by atoms with E-state index in [1.807, 2.05) is 17.3 Å². The monoisotopic (exact) mass is 527 g/mol. The molecule has 204 valence electrons. The van der Waals surface area contributed by atoms with Crippen molar-refractivity contribution in [3.63, 3.8) is 0 Å². The summed E-state index contributed by atoms with van der Waals surface area (Å²) in [5.74, 6) is 1.46. The van der Waals surface area contributed by atoms with Gasteiger partial charge in [-0.1, -0.05) is 6.07 Å². The summed E-state index contributed by atoms with van der Waals surface area (Å²) in [7, 11) is 0. The summed E-state index contributed by atoms with van der Waals surface area (Å²) in [5, 5.41) is 0. The number of aryl methyl sites for hydroxylation is 1. The van der Waals surface area contributed by atoms with Gasteiger partial charge >= 0.3 is 6.18 Å². The highest BCUT2D eigenvalue weighted by molar-refractivity contribution is 5.80. The maximum atomic E-state index is 13.3. The lowest BCUT2D eigenvalue weighted by Gasteiger charge is -2.29. The van der Waals surface area contributed by atoms with Gasteiger partial charge in [0.25, 0.3) is 0 Å². The number of carbonyl (C=O) groups is 1. The van der Waals surface area contributed by atoms with E-state index in [-0.39, 0.29) is 5.78 Å². The van der Waals surface area contributed by atoms with E-state index in [1.165, 1.54) is 23.3 Å². The number of alkyl halides is 3. The highest BCUT2D eigenvalue weighted by Crippen LogP contribution is 2.42. The standard InChI is InChI=1S/C30H36F3N3O2/c31-30(32,33)26-4-3-20-6-9-35(15-24(20)12-26)18-28(37)13-25-17-36(27-7-10-38-19-27)16-23(25)11-22-2-1-21-5-8-34-14-29(21)22/h3-5,8,12,14,22-23,25,27H,1-2,6-7,9-11,13,15-19H2/t22?,23-,25?,27?/m0/s1. The number of hydrogen-bond acceptors (Lipinski definition) is 5. The molecule has 6 rings (SSSR count). The molecule has 0 saturated carbocycles. The Bertz CT molecular complexity index is 1160. The summed E-state index contributed by atoms with van der Waals surface area (Å²) in [6, 6.07) is 6.60. The second-order valence-electron chi connectivity index (χ2n) is 11.7. The molecule has 1 aromatic heterocycles. The van der Waals surface area contributed by atoms with E-state index in [2.05, 4.69) is 16.0 Å². The van der Waals surface area contributed by atoms with Gasteiger partial charge in [0.15, 0.2) is 0 Å². The summed E-state index contributed by atoms with van der Waals surface area (Å²) in [5.41, 5.74) is 3.83. The molecule has 0 spiro atoms. The molecule has 1 aliphatic carbocycles. The van der Waals surface area contributed by atoms with Gasteiger partial charge in [0.05, 0.1) is 18.7 Å². The molecule has 5 nitrogen and oxygen atoms in total. The number of fused-ring (bicyclic) bond motifs is 2. The van der Waals surface area contributed by atoms with Crippen molar-refractivity contribution in [3.05, 3.63) is 64.5 Å². The summed E-state index contributed by atoms with van der Waals surface area (Å²) >= 11 is 0. The van der Waals surface area contributed by atoms with E-state index in [9.17, 15) is 18.0 Å². The molecule has 1 aromatic carbocycles. The maximum absolute atomic E-state index is 13.3. The van der Waals surface area contributed by atoms with Gasteiger partial charge in [-0.3, -0.25) is 19.6 Å². The molecular formula is C30H36F3N3O2. The van der Waals surface area contributed by atoms with E-state index in [4.69, 9.17) is 4.74 Å². The SMILES string of the molecule is O=C(CC1CN(C2CCOC2)C[C@@H]1CC1CCc2ccncc21)CN1CCc2ccc(C(F)(F)F)cc2C1. The molecule has 2 aromatic rings. The molecule has 0 radical (unpaired) electrons. The average Bonchev–Trinajstić information content (AvgIpc) is 3.64. The van der Waals surface area contributed by atoms with Crippen LogP contribution in [0.1, 0.15) is 59.4 Å². The Morgan fingerprint density at radius 2 is 1.92 bits per heavy atom. The van der Waals surface area contributed by atoms with Crippen LogP contribution in [0.15, 0.2) is 36.7 Å². The second-order valence-corrected chi connectivity index (χ2v) is 11.7. The number of Topliss-reactive ketones (excluding diaryl/α,β-unsaturated/α-hetero) is 1. The number of ketones is 1. The number of pyridine rings is 1. The minimum absolute atomic E-state index is 0.202. The van der Waals surface area contributed by atoms with Crippen molar-refractivity contribution in [3.8, 4) is 0 Å². The van der Waals surface area contributed by atoms with Gasteiger partial charge in [-0.2, -0.15) is 13.2 Å². The minimum atomic E-state index is -4.35. The van der Waals surface area contributed by atoms with E-state index in [0.29, 0.717) is 61.8 Å². The molecule has 2 saturated heterocycles. The first kappa shape index (κ1) is 26.0. The van der Waals surface area contributed by atoms with E-state index < -0.39 is 11.7 Å². The normalized spacial score (nSPS) is 28.0. The fourth-order valence-electron chi connectivity index (χ4n) is 7.24. The zero-order chi connectivity index (χ0) is 26.3. The second kappa shape index (κ2) is 10.7. The molecule has 4 atom stereocenters. The molecule has 3 unspecified atom stereocenters. The Labute approximate surface area is 222 Å². The van der Waals surface area contributed by atoms with Gasteiger partial charge in [-0.05, 0) is 90.3 Å². The first-order valence-corrected chi connectivity index (χ1v) is 14.0. The number of likely N-dealkylation sites (tertiary alicyclic amines) is 1. The van der Waals surface area contributed by atoms with Crippen LogP contribution in [0.5, 0.6) is 0 Å². The van der Waals surface area contributed by atoms with Crippen molar-refractivity contribution in [2.75, 3.05) is 39.4 Å². The highest BCUT2D eigenvalue weighted by Gasteiger charge is 2.40. The van der Waals surface area contributed by atoms with Crippen molar-refractivity contribution in [2.24, 2.45) is 11.8 Å². The van der Waals surface area contributed by atoms with Crippen LogP contribution in [-0.2, 0) is 35.1 Å². The smallest absolute Gasteiger partial charge is 0.380 e. The van der Waals surface area contributed by atoms with E-state index in [0.717, 1.165) is 57.6 Å². The summed E-state index contributed by atoms with van der Waals surface area (Å²) in [6.07, 6.45) is 5.16. The van der Waals surface area contributed by atoms with Gasteiger partial charge in [0, 0.05) is 57.6 Å². The fraction of sp³-hybridized carbons (Fsp3) is 0.600. The van der Waals surface area contributed by atoms with Crippen LogP contribution in [-0.4, -0.2) is 66.0 Å². The predicted octanol–water partition coefficient (Wildman–Crippen LogP) is 4.87. The lowest BCUT2D eigenvalue weighted by molar-refractivity contribution is -0.137. The Hall–Kier alpha value is -2.29. The molecule has 8 heteroatoms. The van der Waals surface area contributed by atoms with Crippen LogP contribution in [0.2, 0.25) is 0 Å². The molecule has 3 aliphatic heterocycles. The van der Waals surface area contributed by atoms with Crippen molar-refractivity contribution in [2.45, 2.75) is 63.2 Å².